The molecular formula is C16H16Cl2FNO. The summed E-state index contributed by atoms with van der Waals surface area (Å²) in [5.41, 5.74) is 1.15. The summed E-state index contributed by atoms with van der Waals surface area (Å²) in [5.74, 6) is 0.105. The van der Waals surface area contributed by atoms with E-state index in [0.29, 0.717) is 33.5 Å². The van der Waals surface area contributed by atoms with Crippen LogP contribution in [0.25, 0.3) is 0 Å². The maximum atomic E-state index is 14.4. The summed E-state index contributed by atoms with van der Waals surface area (Å²) in [6.07, 6.45) is 0. The van der Waals surface area contributed by atoms with Gasteiger partial charge >= 0.3 is 0 Å². The maximum absolute atomic E-state index is 14.4. The standard InChI is InChI=1S/C16H16Cl2FNO/c1-3-20-16(15-12(17)5-4-6-13(15)18)11-8-7-10(21-2)9-14(11)19/h4-9,16,20H,3H2,1-2H3. The molecule has 2 aromatic rings. The zero-order valence-corrected chi connectivity index (χ0v) is 13.3. The molecule has 0 amide bonds. The van der Waals surface area contributed by atoms with Crippen LogP contribution in [0.4, 0.5) is 4.39 Å². The Hall–Kier alpha value is -1.29. The average molecular weight is 328 g/mol. The predicted octanol–water partition coefficient (Wildman–Crippen LogP) is 4.84. The number of rotatable bonds is 5. The van der Waals surface area contributed by atoms with Crippen LogP contribution in [-0.4, -0.2) is 13.7 Å². The number of benzene rings is 2. The molecule has 0 aliphatic rings. The topological polar surface area (TPSA) is 21.3 Å². The molecule has 5 heteroatoms. The van der Waals surface area contributed by atoms with Crippen LogP contribution in [0, 0.1) is 5.82 Å². The highest BCUT2D eigenvalue weighted by atomic mass is 35.5. The third-order valence-corrected chi connectivity index (χ3v) is 3.87. The van der Waals surface area contributed by atoms with Crippen molar-refractivity contribution in [1.82, 2.24) is 5.32 Å². The van der Waals surface area contributed by atoms with Crippen LogP contribution in [0.3, 0.4) is 0 Å². The van der Waals surface area contributed by atoms with Gasteiger partial charge in [0.1, 0.15) is 11.6 Å². The van der Waals surface area contributed by atoms with Gasteiger partial charge in [0.25, 0.3) is 0 Å². The van der Waals surface area contributed by atoms with E-state index in [0.717, 1.165) is 0 Å². The molecule has 0 aliphatic heterocycles. The van der Waals surface area contributed by atoms with Gasteiger partial charge in [-0.1, -0.05) is 42.3 Å². The Morgan fingerprint density at radius 3 is 2.38 bits per heavy atom. The molecule has 0 heterocycles. The first-order valence-electron chi connectivity index (χ1n) is 6.59. The van der Waals surface area contributed by atoms with E-state index in [2.05, 4.69) is 5.32 Å². The first-order valence-corrected chi connectivity index (χ1v) is 7.34. The lowest BCUT2D eigenvalue weighted by molar-refractivity contribution is 0.410. The minimum Gasteiger partial charge on any atom is -0.497 e. The average Bonchev–Trinajstić information content (AvgIpc) is 2.46. The van der Waals surface area contributed by atoms with Crippen molar-refractivity contribution < 1.29 is 9.13 Å². The Balaban J connectivity index is 2.53. The zero-order valence-electron chi connectivity index (χ0n) is 11.8. The summed E-state index contributed by atoms with van der Waals surface area (Å²) < 4.78 is 19.4. The molecule has 1 unspecified atom stereocenters. The molecule has 21 heavy (non-hydrogen) atoms. The van der Waals surface area contributed by atoms with Gasteiger partial charge in [0.05, 0.1) is 13.2 Å². The molecule has 0 aromatic heterocycles. The fraction of sp³-hybridized carbons (Fsp3) is 0.250. The van der Waals surface area contributed by atoms with Crippen LogP contribution in [0.5, 0.6) is 5.75 Å². The van der Waals surface area contributed by atoms with Crippen LogP contribution in [-0.2, 0) is 0 Å². The molecule has 1 atom stereocenters. The van der Waals surface area contributed by atoms with Gasteiger partial charge in [-0.25, -0.2) is 4.39 Å². The van der Waals surface area contributed by atoms with Crippen molar-refractivity contribution in [2.45, 2.75) is 13.0 Å². The molecule has 112 valence electrons. The second kappa shape index (κ2) is 7.12. The minimum absolute atomic E-state index is 0.365. The first kappa shape index (κ1) is 16.1. The smallest absolute Gasteiger partial charge is 0.132 e. The lowest BCUT2D eigenvalue weighted by Crippen LogP contribution is -2.23. The Morgan fingerprint density at radius 1 is 1.19 bits per heavy atom. The SMILES string of the molecule is CCNC(c1ccc(OC)cc1F)c1c(Cl)cccc1Cl. The van der Waals surface area contributed by atoms with Crippen LogP contribution in [0.2, 0.25) is 10.0 Å². The number of nitrogens with one attached hydrogen (secondary N) is 1. The van der Waals surface area contributed by atoms with E-state index < -0.39 is 6.04 Å². The van der Waals surface area contributed by atoms with E-state index >= 15 is 0 Å². The van der Waals surface area contributed by atoms with E-state index in [1.54, 1.807) is 30.3 Å². The minimum atomic E-state index is -0.415. The van der Waals surface area contributed by atoms with Crippen molar-refractivity contribution in [1.29, 1.82) is 0 Å². The van der Waals surface area contributed by atoms with Crippen molar-refractivity contribution in [3.05, 3.63) is 63.4 Å². The third kappa shape index (κ3) is 3.49. The number of halogens is 3. The van der Waals surface area contributed by atoms with Crippen molar-refractivity contribution >= 4 is 23.2 Å². The van der Waals surface area contributed by atoms with E-state index in [4.69, 9.17) is 27.9 Å². The van der Waals surface area contributed by atoms with Crippen molar-refractivity contribution in [2.75, 3.05) is 13.7 Å². The second-order valence-electron chi connectivity index (χ2n) is 4.51. The molecule has 0 saturated carbocycles. The number of methoxy groups -OCH3 is 1. The van der Waals surface area contributed by atoms with Crippen LogP contribution in [0.15, 0.2) is 36.4 Å². The van der Waals surface area contributed by atoms with Crippen molar-refractivity contribution in [3.63, 3.8) is 0 Å². The quantitative estimate of drug-likeness (QED) is 0.848. The summed E-state index contributed by atoms with van der Waals surface area (Å²) in [6, 6.07) is 9.59. The molecule has 0 saturated heterocycles. The Kier molecular flexibility index (Phi) is 5.45. The first-order chi connectivity index (χ1) is 10.1. The molecule has 0 fully saturated rings. The molecule has 1 N–H and O–H groups in total. The van der Waals surface area contributed by atoms with Gasteiger partial charge < -0.3 is 10.1 Å². The summed E-state index contributed by atoms with van der Waals surface area (Å²) in [5, 5.41) is 4.23. The lowest BCUT2D eigenvalue weighted by Gasteiger charge is -2.22. The van der Waals surface area contributed by atoms with Crippen molar-refractivity contribution in [3.8, 4) is 5.75 Å². The van der Waals surface area contributed by atoms with Crippen LogP contribution >= 0.6 is 23.2 Å². The molecule has 0 bridgehead atoms. The normalized spacial score (nSPS) is 12.2. The molecular weight excluding hydrogens is 312 g/mol. The number of hydrogen-bond donors (Lipinski definition) is 1. The van der Waals surface area contributed by atoms with Crippen LogP contribution in [0.1, 0.15) is 24.1 Å². The molecule has 2 aromatic carbocycles. The highest BCUT2D eigenvalue weighted by molar-refractivity contribution is 6.36. The van der Waals surface area contributed by atoms with E-state index in [1.165, 1.54) is 13.2 Å². The zero-order chi connectivity index (χ0) is 15.4. The molecule has 0 radical (unpaired) electrons. The molecule has 2 rings (SSSR count). The van der Waals surface area contributed by atoms with Gasteiger partial charge in [-0.05, 0) is 24.7 Å². The van der Waals surface area contributed by atoms with Gasteiger partial charge in [0.2, 0.25) is 0 Å². The Bertz CT molecular complexity index is 613. The second-order valence-corrected chi connectivity index (χ2v) is 5.33. The predicted molar refractivity (Wildman–Crippen MR) is 84.9 cm³/mol. The van der Waals surface area contributed by atoms with Gasteiger partial charge in [-0.3, -0.25) is 0 Å². The summed E-state index contributed by atoms with van der Waals surface area (Å²) in [7, 11) is 1.50. The van der Waals surface area contributed by atoms with Gasteiger partial charge in [-0.15, -0.1) is 0 Å². The third-order valence-electron chi connectivity index (χ3n) is 3.22. The van der Waals surface area contributed by atoms with E-state index in [-0.39, 0.29) is 5.82 Å². The number of hydrogen-bond acceptors (Lipinski definition) is 2. The van der Waals surface area contributed by atoms with E-state index in [1.807, 2.05) is 6.92 Å². The lowest BCUT2D eigenvalue weighted by atomic mass is 9.97. The fourth-order valence-electron chi connectivity index (χ4n) is 2.23. The van der Waals surface area contributed by atoms with Gasteiger partial charge in [-0.2, -0.15) is 0 Å². The highest BCUT2D eigenvalue weighted by Crippen LogP contribution is 2.35. The Morgan fingerprint density at radius 2 is 1.86 bits per heavy atom. The molecule has 2 nitrogen and oxygen atoms in total. The van der Waals surface area contributed by atoms with E-state index in [9.17, 15) is 4.39 Å². The van der Waals surface area contributed by atoms with Crippen LogP contribution < -0.4 is 10.1 Å². The summed E-state index contributed by atoms with van der Waals surface area (Å²) >= 11 is 12.5. The van der Waals surface area contributed by atoms with Crippen molar-refractivity contribution in [2.24, 2.45) is 0 Å². The summed E-state index contributed by atoms with van der Waals surface area (Å²) in [6.45, 7) is 2.59. The molecule has 0 aliphatic carbocycles. The van der Waals surface area contributed by atoms with Gasteiger partial charge in [0.15, 0.2) is 0 Å². The maximum Gasteiger partial charge on any atom is 0.132 e. The molecule has 0 spiro atoms. The number of ether oxygens (including phenoxy) is 1. The fourth-order valence-corrected chi connectivity index (χ4v) is 2.84. The largest absolute Gasteiger partial charge is 0.497 e. The summed E-state index contributed by atoms with van der Waals surface area (Å²) in [4.78, 5) is 0. The highest BCUT2D eigenvalue weighted by Gasteiger charge is 2.22. The monoisotopic (exact) mass is 327 g/mol. The van der Waals surface area contributed by atoms with Gasteiger partial charge in [0, 0.05) is 27.2 Å². The Labute approximate surface area is 133 Å².